The average molecular weight is 287 g/mol. The van der Waals surface area contributed by atoms with Crippen LogP contribution in [0.1, 0.15) is 30.9 Å². The molecule has 0 saturated carbocycles. The highest BCUT2D eigenvalue weighted by molar-refractivity contribution is 5.92. The summed E-state index contributed by atoms with van der Waals surface area (Å²) in [5.74, 6) is -0.826. The Balaban J connectivity index is 1.93. The number of hydrogen-bond acceptors (Lipinski definition) is 2. The Labute approximate surface area is 125 Å². The van der Waals surface area contributed by atoms with Crippen molar-refractivity contribution in [3.63, 3.8) is 0 Å². The number of aryl methyl sites for hydroxylation is 1. The Morgan fingerprint density at radius 1 is 1.19 bits per heavy atom. The van der Waals surface area contributed by atoms with Crippen LogP contribution >= 0.6 is 0 Å². The summed E-state index contributed by atoms with van der Waals surface area (Å²) >= 11 is 0. The standard InChI is InChI=1S/C17H21NO3/c1-13-3-5-14(6-4-13)7-8-15(19)18-11-9-17(2,10-12-18)16(20)21/h3-8H,9-12H2,1-2H3,(H,20,21). The number of nitrogens with zero attached hydrogens (tertiary/aromatic N) is 1. The van der Waals surface area contributed by atoms with Crippen molar-refractivity contribution in [3.05, 3.63) is 41.5 Å². The first-order chi connectivity index (χ1) is 9.90. The Kier molecular flexibility index (Phi) is 4.46. The highest BCUT2D eigenvalue weighted by Crippen LogP contribution is 2.31. The summed E-state index contributed by atoms with van der Waals surface area (Å²) in [4.78, 5) is 25.0. The summed E-state index contributed by atoms with van der Waals surface area (Å²) in [6, 6.07) is 7.94. The molecule has 0 aliphatic carbocycles. The molecule has 0 atom stereocenters. The van der Waals surface area contributed by atoms with E-state index in [-0.39, 0.29) is 5.91 Å². The number of carbonyl (C=O) groups excluding carboxylic acids is 1. The molecule has 1 fully saturated rings. The molecule has 4 nitrogen and oxygen atoms in total. The molecule has 112 valence electrons. The third-order valence-electron chi connectivity index (χ3n) is 4.19. The highest BCUT2D eigenvalue weighted by atomic mass is 16.4. The number of hydrogen-bond donors (Lipinski definition) is 1. The number of benzene rings is 1. The fraction of sp³-hybridized carbons (Fsp3) is 0.412. The van der Waals surface area contributed by atoms with Crippen LogP contribution in [-0.2, 0) is 9.59 Å². The maximum atomic E-state index is 12.1. The van der Waals surface area contributed by atoms with Crippen molar-refractivity contribution in [1.82, 2.24) is 4.90 Å². The number of carboxylic acid groups (broad SMARTS) is 1. The molecule has 1 aliphatic heterocycles. The first-order valence-corrected chi connectivity index (χ1v) is 7.18. The zero-order valence-corrected chi connectivity index (χ0v) is 12.5. The van der Waals surface area contributed by atoms with Gasteiger partial charge in [0, 0.05) is 19.2 Å². The fourth-order valence-corrected chi connectivity index (χ4v) is 2.38. The number of aliphatic carboxylic acids is 1. The topological polar surface area (TPSA) is 57.6 Å². The van der Waals surface area contributed by atoms with Crippen molar-refractivity contribution in [2.75, 3.05) is 13.1 Å². The Hall–Kier alpha value is -2.10. The Morgan fingerprint density at radius 3 is 2.29 bits per heavy atom. The number of rotatable bonds is 3. The molecular weight excluding hydrogens is 266 g/mol. The lowest BCUT2D eigenvalue weighted by Crippen LogP contribution is -2.44. The SMILES string of the molecule is Cc1ccc(C=CC(=O)N2CCC(C)(C(=O)O)CC2)cc1. The largest absolute Gasteiger partial charge is 0.481 e. The van der Waals surface area contributed by atoms with Gasteiger partial charge in [-0.05, 0) is 38.3 Å². The summed E-state index contributed by atoms with van der Waals surface area (Å²) in [7, 11) is 0. The zero-order valence-electron chi connectivity index (χ0n) is 12.5. The lowest BCUT2D eigenvalue weighted by Gasteiger charge is -2.35. The van der Waals surface area contributed by atoms with Gasteiger partial charge in [-0.25, -0.2) is 0 Å². The van der Waals surface area contributed by atoms with E-state index in [1.165, 1.54) is 5.56 Å². The molecule has 0 bridgehead atoms. The van der Waals surface area contributed by atoms with E-state index in [1.807, 2.05) is 31.2 Å². The van der Waals surface area contributed by atoms with Crippen molar-refractivity contribution in [2.24, 2.45) is 5.41 Å². The van der Waals surface area contributed by atoms with E-state index < -0.39 is 11.4 Å². The van der Waals surface area contributed by atoms with Crippen LogP contribution in [0.3, 0.4) is 0 Å². The smallest absolute Gasteiger partial charge is 0.309 e. The molecule has 0 unspecified atom stereocenters. The second-order valence-corrected chi connectivity index (χ2v) is 5.94. The minimum absolute atomic E-state index is 0.0528. The van der Waals surface area contributed by atoms with Crippen LogP contribution in [0.2, 0.25) is 0 Å². The minimum Gasteiger partial charge on any atom is -0.481 e. The predicted octanol–water partition coefficient (Wildman–Crippen LogP) is 2.72. The van der Waals surface area contributed by atoms with E-state index in [1.54, 1.807) is 24.0 Å². The summed E-state index contributed by atoms with van der Waals surface area (Å²) < 4.78 is 0. The molecule has 21 heavy (non-hydrogen) atoms. The molecule has 1 saturated heterocycles. The lowest BCUT2D eigenvalue weighted by atomic mass is 9.80. The van der Waals surface area contributed by atoms with Gasteiger partial charge in [0.25, 0.3) is 0 Å². The van der Waals surface area contributed by atoms with E-state index in [0.29, 0.717) is 25.9 Å². The quantitative estimate of drug-likeness (QED) is 0.870. The molecular formula is C17H21NO3. The van der Waals surface area contributed by atoms with Gasteiger partial charge >= 0.3 is 5.97 Å². The van der Waals surface area contributed by atoms with Gasteiger partial charge < -0.3 is 10.0 Å². The van der Waals surface area contributed by atoms with Gasteiger partial charge in [-0.2, -0.15) is 0 Å². The monoisotopic (exact) mass is 287 g/mol. The summed E-state index contributed by atoms with van der Waals surface area (Å²) in [6.45, 7) is 4.77. The Bertz CT molecular complexity index is 552. The molecule has 1 amide bonds. The minimum atomic E-state index is -0.773. The van der Waals surface area contributed by atoms with Crippen molar-refractivity contribution in [3.8, 4) is 0 Å². The summed E-state index contributed by atoms with van der Waals surface area (Å²) in [5, 5.41) is 9.18. The van der Waals surface area contributed by atoms with Gasteiger partial charge in [0.15, 0.2) is 0 Å². The van der Waals surface area contributed by atoms with Gasteiger partial charge in [0.05, 0.1) is 5.41 Å². The molecule has 0 radical (unpaired) electrons. The number of likely N-dealkylation sites (tertiary alicyclic amines) is 1. The van der Waals surface area contributed by atoms with Crippen molar-refractivity contribution < 1.29 is 14.7 Å². The zero-order chi connectivity index (χ0) is 15.5. The fourth-order valence-electron chi connectivity index (χ4n) is 2.38. The summed E-state index contributed by atoms with van der Waals surface area (Å²) in [5.41, 5.74) is 1.47. The first kappa shape index (κ1) is 15.3. The lowest BCUT2D eigenvalue weighted by molar-refractivity contribution is -0.152. The van der Waals surface area contributed by atoms with E-state index >= 15 is 0 Å². The van der Waals surface area contributed by atoms with E-state index in [4.69, 9.17) is 0 Å². The molecule has 2 rings (SSSR count). The van der Waals surface area contributed by atoms with Crippen molar-refractivity contribution in [1.29, 1.82) is 0 Å². The van der Waals surface area contributed by atoms with Crippen LogP contribution in [0.15, 0.2) is 30.3 Å². The van der Waals surface area contributed by atoms with Gasteiger partial charge in [0.1, 0.15) is 0 Å². The molecule has 0 aromatic heterocycles. The molecule has 1 heterocycles. The van der Waals surface area contributed by atoms with Crippen LogP contribution in [0.5, 0.6) is 0 Å². The van der Waals surface area contributed by atoms with Crippen LogP contribution in [0, 0.1) is 12.3 Å². The molecule has 1 aromatic rings. The molecule has 1 aliphatic rings. The molecule has 4 heteroatoms. The third-order valence-corrected chi connectivity index (χ3v) is 4.19. The normalized spacial score (nSPS) is 17.9. The third kappa shape index (κ3) is 3.72. The van der Waals surface area contributed by atoms with Crippen molar-refractivity contribution >= 4 is 18.0 Å². The van der Waals surface area contributed by atoms with E-state index in [2.05, 4.69) is 0 Å². The van der Waals surface area contributed by atoms with Crippen LogP contribution < -0.4 is 0 Å². The molecule has 0 spiro atoms. The number of carboxylic acids is 1. The van der Waals surface area contributed by atoms with Crippen LogP contribution in [0.4, 0.5) is 0 Å². The Morgan fingerprint density at radius 2 is 1.76 bits per heavy atom. The molecule has 1 aromatic carbocycles. The second-order valence-electron chi connectivity index (χ2n) is 5.94. The summed E-state index contributed by atoms with van der Waals surface area (Å²) in [6.07, 6.45) is 4.37. The predicted molar refractivity (Wildman–Crippen MR) is 81.8 cm³/mol. The second kappa shape index (κ2) is 6.12. The number of piperidine rings is 1. The van der Waals surface area contributed by atoms with E-state index in [0.717, 1.165) is 5.56 Å². The van der Waals surface area contributed by atoms with Gasteiger partial charge in [-0.1, -0.05) is 29.8 Å². The van der Waals surface area contributed by atoms with Crippen LogP contribution in [0.25, 0.3) is 6.08 Å². The maximum absolute atomic E-state index is 12.1. The van der Waals surface area contributed by atoms with Crippen molar-refractivity contribution in [2.45, 2.75) is 26.7 Å². The van der Waals surface area contributed by atoms with Crippen LogP contribution in [-0.4, -0.2) is 35.0 Å². The van der Waals surface area contributed by atoms with Gasteiger partial charge in [-0.15, -0.1) is 0 Å². The van der Waals surface area contributed by atoms with E-state index in [9.17, 15) is 14.7 Å². The first-order valence-electron chi connectivity index (χ1n) is 7.18. The number of amides is 1. The van der Waals surface area contributed by atoms with Gasteiger partial charge in [-0.3, -0.25) is 9.59 Å². The maximum Gasteiger partial charge on any atom is 0.309 e. The number of carbonyl (C=O) groups is 2. The highest BCUT2D eigenvalue weighted by Gasteiger charge is 2.37. The average Bonchev–Trinajstić information content (AvgIpc) is 2.47. The molecule has 1 N–H and O–H groups in total. The van der Waals surface area contributed by atoms with Gasteiger partial charge in [0.2, 0.25) is 5.91 Å².